The van der Waals surface area contributed by atoms with E-state index in [4.69, 9.17) is 0 Å². The van der Waals surface area contributed by atoms with Crippen molar-refractivity contribution in [2.45, 2.75) is 190 Å². The molecule has 54 heavy (non-hydrogen) atoms. The van der Waals surface area contributed by atoms with Gasteiger partial charge in [-0.25, -0.2) is 0 Å². The van der Waals surface area contributed by atoms with Gasteiger partial charge in [-0.2, -0.15) is 0 Å². The predicted molar refractivity (Wildman–Crippen MR) is 224 cm³/mol. The number of rotatable bonds is 9. The number of likely N-dealkylation sites (tertiary alicyclic amines) is 6. The molecule has 0 amide bonds. The van der Waals surface area contributed by atoms with Crippen molar-refractivity contribution in [2.24, 2.45) is 35.5 Å². The minimum absolute atomic E-state index is 0.875. The van der Waals surface area contributed by atoms with Crippen LogP contribution in [-0.2, 0) is 0 Å². The molecule has 0 spiro atoms. The van der Waals surface area contributed by atoms with Crippen molar-refractivity contribution in [3.63, 3.8) is 0 Å². The van der Waals surface area contributed by atoms with E-state index in [2.05, 4.69) is 29.4 Å². The number of hydrogen-bond donors (Lipinski definition) is 0. The van der Waals surface area contributed by atoms with Crippen LogP contribution in [0.1, 0.15) is 154 Å². The minimum Gasteiger partial charge on any atom is -0.300 e. The van der Waals surface area contributed by atoms with E-state index >= 15 is 0 Å². The van der Waals surface area contributed by atoms with E-state index in [1.54, 1.807) is 38.5 Å². The summed E-state index contributed by atoms with van der Waals surface area (Å²) in [6.45, 7) is 16.8. The Bertz CT molecular complexity index is 1020. The Labute approximate surface area is 332 Å². The van der Waals surface area contributed by atoms with E-state index in [0.717, 1.165) is 71.8 Å². The zero-order valence-electron chi connectivity index (χ0n) is 35.1. The van der Waals surface area contributed by atoms with Crippen molar-refractivity contribution in [1.29, 1.82) is 0 Å². The first-order chi connectivity index (χ1) is 26.7. The summed E-state index contributed by atoms with van der Waals surface area (Å²) in [7, 11) is 0. The molecule has 10 fully saturated rings. The Kier molecular flexibility index (Phi) is 12.3. The van der Waals surface area contributed by atoms with Gasteiger partial charge in [0, 0.05) is 36.3 Å². The second-order valence-electron chi connectivity index (χ2n) is 21.8. The zero-order chi connectivity index (χ0) is 35.8. The zero-order valence-corrected chi connectivity index (χ0v) is 35.1. The largest absolute Gasteiger partial charge is 0.300 e. The first-order valence-corrected chi connectivity index (χ1v) is 25.1. The summed E-state index contributed by atoms with van der Waals surface area (Å²) in [5, 5.41) is 0. The lowest BCUT2D eigenvalue weighted by Crippen LogP contribution is -2.52. The molecule has 0 aromatic rings. The summed E-state index contributed by atoms with van der Waals surface area (Å²) < 4.78 is 0. The van der Waals surface area contributed by atoms with Gasteiger partial charge in [-0.05, 0) is 268 Å². The highest BCUT2D eigenvalue weighted by Crippen LogP contribution is 2.52. The van der Waals surface area contributed by atoms with E-state index in [1.807, 2.05) is 0 Å². The van der Waals surface area contributed by atoms with Crippen molar-refractivity contribution in [3.05, 3.63) is 0 Å². The molecule has 0 aromatic carbocycles. The van der Waals surface area contributed by atoms with Gasteiger partial charge in [-0.1, -0.05) is 0 Å². The average Bonchev–Trinajstić information content (AvgIpc) is 4.09. The highest BCUT2D eigenvalue weighted by Gasteiger charge is 2.48. The van der Waals surface area contributed by atoms with Gasteiger partial charge in [-0.3, -0.25) is 0 Å². The molecule has 6 heterocycles. The van der Waals surface area contributed by atoms with Gasteiger partial charge in [0.2, 0.25) is 0 Å². The summed E-state index contributed by atoms with van der Waals surface area (Å²) in [4.78, 5) is 18.1. The lowest BCUT2D eigenvalue weighted by Gasteiger charge is -2.52. The third kappa shape index (κ3) is 8.43. The summed E-state index contributed by atoms with van der Waals surface area (Å²) in [6.07, 6.45) is 36.0. The summed E-state index contributed by atoms with van der Waals surface area (Å²) in [5.74, 6) is 5.85. The van der Waals surface area contributed by atoms with Crippen molar-refractivity contribution in [1.82, 2.24) is 29.4 Å². The fourth-order valence-electron chi connectivity index (χ4n) is 16.1. The molecule has 6 heteroatoms. The van der Waals surface area contributed by atoms with Crippen molar-refractivity contribution in [2.75, 3.05) is 78.5 Å². The van der Waals surface area contributed by atoms with Gasteiger partial charge in [0.1, 0.15) is 0 Å². The maximum atomic E-state index is 3.05. The van der Waals surface area contributed by atoms with Gasteiger partial charge >= 0.3 is 0 Å². The topological polar surface area (TPSA) is 19.4 Å². The van der Waals surface area contributed by atoms with E-state index in [-0.39, 0.29) is 0 Å². The average molecular weight is 745 g/mol. The van der Waals surface area contributed by atoms with Crippen LogP contribution in [0.15, 0.2) is 0 Å². The quantitative estimate of drug-likeness (QED) is 0.236. The molecule has 0 aromatic heterocycles. The van der Waals surface area contributed by atoms with Crippen LogP contribution < -0.4 is 0 Å². The van der Waals surface area contributed by atoms with Crippen LogP contribution in [0.25, 0.3) is 0 Å². The molecular formula is C48H84N6. The van der Waals surface area contributed by atoms with Gasteiger partial charge < -0.3 is 29.4 Å². The van der Waals surface area contributed by atoms with Crippen LogP contribution in [0.3, 0.4) is 0 Å². The van der Waals surface area contributed by atoms with Crippen LogP contribution in [0, 0.1) is 35.5 Å². The Morgan fingerprint density at radius 3 is 0.500 bits per heavy atom. The standard InChI is InChI=1S/C48H84N6/c1-2-14-49(13-1)43-27-37(25-39(29-43)41-31-45(51-17-5-6-18-51)35-46(32-41)52-19-7-8-20-52)38-26-40(30-44(28-38)50-15-3-4-16-50)42-33-47(53-21-9-10-22-53)36-48(34-42)54-23-11-12-24-54/h37-48H,1-36H2. The third-order valence-corrected chi connectivity index (χ3v) is 18.8. The minimum atomic E-state index is 0.875. The van der Waals surface area contributed by atoms with Crippen molar-refractivity contribution < 1.29 is 0 Å². The second-order valence-corrected chi connectivity index (χ2v) is 21.8. The summed E-state index contributed by atoms with van der Waals surface area (Å²) >= 11 is 0. The van der Waals surface area contributed by atoms with Crippen LogP contribution in [-0.4, -0.2) is 144 Å². The molecule has 0 bridgehead atoms. The van der Waals surface area contributed by atoms with Crippen LogP contribution in [0.5, 0.6) is 0 Å². The van der Waals surface area contributed by atoms with Crippen LogP contribution >= 0.6 is 0 Å². The molecular weight excluding hydrogens is 661 g/mol. The molecule has 0 N–H and O–H groups in total. The van der Waals surface area contributed by atoms with E-state index in [1.165, 1.54) is 194 Å². The predicted octanol–water partition coefficient (Wildman–Crippen LogP) is 8.21. The highest BCUT2D eigenvalue weighted by atomic mass is 15.2. The smallest absolute Gasteiger partial charge is 0.0113 e. The lowest BCUT2D eigenvalue weighted by atomic mass is 9.59. The Hall–Kier alpha value is -0.240. The van der Waals surface area contributed by atoms with Crippen LogP contribution in [0.2, 0.25) is 0 Å². The maximum Gasteiger partial charge on any atom is 0.0113 e. The number of nitrogens with zero attached hydrogens (tertiary/aromatic N) is 6. The molecule has 6 aliphatic heterocycles. The molecule has 4 saturated carbocycles. The third-order valence-electron chi connectivity index (χ3n) is 18.8. The molecule has 6 nitrogen and oxygen atoms in total. The van der Waals surface area contributed by atoms with E-state index in [0.29, 0.717) is 0 Å². The normalized spacial score (nSPS) is 46.0. The van der Waals surface area contributed by atoms with Crippen LogP contribution in [0.4, 0.5) is 0 Å². The van der Waals surface area contributed by atoms with E-state index < -0.39 is 0 Å². The Morgan fingerprint density at radius 1 is 0.167 bits per heavy atom. The first kappa shape index (κ1) is 38.0. The highest BCUT2D eigenvalue weighted by molar-refractivity contribution is 5.02. The molecule has 4 aliphatic carbocycles. The van der Waals surface area contributed by atoms with Gasteiger partial charge in [0.05, 0.1) is 0 Å². The molecule has 6 saturated heterocycles. The maximum absolute atomic E-state index is 3.05. The molecule has 10 atom stereocenters. The van der Waals surface area contributed by atoms with E-state index in [9.17, 15) is 0 Å². The molecule has 10 aliphatic rings. The molecule has 10 unspecified atom stereocenters. The second kappa shape index (κ2) is 17.5. The summed E-state index contributed by atoms with van der Waals surface area (Å²) in [6, 6.07) is 5.26. The van der Waals surface area contributed by atoms with Gasteiger partial charge in [-0.15, -0.1) is 0 Å². The lowest BCUT2D eigenvalue weighted by molar-refractivity contribution is -0.0149. The summed E-state index contributed by atoms with van der Waals surface area (Å²) in [5.41, 5.74) is 0. The van der Waals surface area contributed by atoms with Gasteiger partial charge in [0.25, 0.3) is 0 Å². The first-order valence-electron chi connectivity index (χ1n) is 25.1. The molecule has 0 radical (unpaired) electrons. The number of hydrogen-bond acceptors (Lipinski definition) is 6. The Balaban J connectivity index is 0.909. The molecule has 10 rings (SSSR count). The van der Waals surface area contributed by atoms with Crippen molar-refractivity contribution >= 4 is 0 Å². The molecule has 306 valence electrons. The van der Waals surface area contributed by atoms with Crippen molar-refractivity contribution in [3.8, 4) is 0 Å². The Morgan fingerprint density at radius 2 is 0.315 bits per heavy atom. The SMILES string of the molecule is C1CCN(C2CC(C3CC(C4CC(N5CCCC5)CC(N5CCCC5)C4)CC(N4CCCC4)C3)CC(C3CC(N4CCCC4)CC(N4CCCC4)C3)C2)C1. The van der Waals surface area contributed by atoms with Gasteiger partial charge in [0.15, 0.2) is 0 Å². The monoisotopic (exact) mass is 745 g/mol. The fraction of sp³-hybridized carbons (Fsp3) is 1.00. The fourth-order valence-corrected chi connectivity index (χ4v) is 16.1.